The minimum atomic E-state index is 0.0309. The first-order valence-electron chi connectivity index (χ1n) is 12.3. The van der Waals surface area contributed by atoms with E-state index < -0.39 is 0 Å². The summed E-state index contributed by atoms with van der Waals surface area (Å²) < 4.78 is 0.923. The molecule has 0 aliphatic carbocycles. The Hall–Kier alpha value is -2.75. The Balaban J connectivity index is 1.72. The fraction of sp³-hybridized carbons (Fsp3) is 0.250. The Morgan fingerprint density at radius 3 is 1.75 bits per heavy atom. The summed E-state index contributed by atoms with van der Waals surface area (Å²) in [4.78, 5) is 0. The van der Waals surface area contributed by atoms with Crippen LogP contribution in [0.4, 0.5) is 22.7 Å². The summed E-state index contributed by atoms with van der Waals surface area (Å²) in [7, 11) is 0. The smallest absolute Gasteiger partial charge is 0.0646 e. The number of hydrogen-bond donors (Lipinski definition) is 2. The van der Waals surface area contributed by atoms with Gasteiger partial charge in [0.1, 0.15) is 0 Å². The third-order valence-corrected chi connectivity index (χ3v) is 7.38. The van der Waals surface area contributed by atoms with Crippen molar-refractivity contribution < 1.29 is 0 Å². The molecule has 0 aliphatic heterocycles. The van der Waals surface area contributed by atoms with Gasteiger partial charge in [-0.3, -0.25) is 0 Å². The van der Waals surface area contributed by atoms with Crippen LogP contribution in [0.2, 0.25) is 5.02 Å². The number of hydrogen-bond acceptors (Lipinski definition) is 2. The highest BCUT2D eigenvalue weighted by molar-refractivity contribution is 9.10. The SMILES string of the molecule is CC(C)(C)c1ccc(Nc2cc(Cl)cc(Nc3cc(C(C)(C)C)ccc3-c3ccccc3)c2Br)cc1. The second kappa shape index (κ2) is 10.3. The van der Waals surface area contributed by atoms with Crippen molar-refractivity contribution in [2.24, 2.45) is 0 Å². The van der Waals surface area contributed by atoms with Crippen LogP contribution in [0.3, 0.4) is 0 Å². The third-order valence-electron chi connectivity index (χ3n) is 6.31. The second-order valence-electron chi connectivity index (χ2n) is 11.3. The highest BCUT2D eigenvalue weighted by Crippen LogP contribution is 2.41. The molecule has 0 aromatic heterocycles. The standard InChI is InChI=1S/C32H34BrClN2/c1-31(2,3)22-12-15-25(16-13-22)35-28-19-24(34)20-29(30(28)33)36-27-18-23(32(4,5)6)14-17-26(27)21-10-8-7-9-11-21/h7-20,35-36H,1-6H3. The molecule has 0 heterocycles. The molecular weight excluding hydrogens is 528 g/mol. The van der Waals surface area contributed by atoms with Crippen molar-refractivity contribution in [2.45, 2.75) is 52.4 Å². The third kappa shape index (κ3) is 6.14. The van der Waals surface area contributed by atoms with E-state index in [2.05, 4.69) is 135 Å². The number of halogens is 2. The lowest BCUT2D eigenvalue weighted by atomic mass is 9.85. The van der Waals surface area contributed by atoms with Gasteiger partial charge >= 0.3 is 0 Å². The molecule has 0 spiro atoms. The molecule has 4 heteroatoms. The summed E-state index contributed by atoms with van der Waals surface area (Å²) in [6, 6.07) is 29.6. The quantitative estimate of drug-likeness (QED) is 0.253. The molecule has 186 valence electrons. The number of rotatable bonds is 5. The minimum Gasteiger partial charge on any atom is -0.354 e. The molecule has 0 saturated carbocycles. The number of nitrogens with one attached hydrogen (secondary N) is 2. The van der Waals surface area contributed by atoms with Crippen molar-refractivity contribution in [1.29, 1.82) is 0 Å². The van der Waals surface area contributed by atoms with E-state index in [1.54, 1.807) is 0 Å². The van der Waals surface area contributed by atoms with E-state index in [0.717, 1.165) is 38.3 Å². The minimum absolute atomic E-state index is 0.0309. The van der Waals surface area contributed by atoms with E-state index in [4.69, 9.17) is 11.6 Å². The molecule has 4 rings (SSSR count). The Labute approximate surface area is 229 Å². The maximum atomic E-state index is 6.60. The lowest BCUT2D eigenvalue weighted by molar-refractivity contribution is 0.590. The monoisotopic (exact) mass is 560 g/mol. The number of benzene rings is 4. The molecule has 4 aromatic carbocycles. The van der Waals surface area contributed by atoms with Gasteiger partial charge in [0.25, 0.3) is 0 Å². The van der Waals surface area contributed by atoms with Gasteiger partial charge in [-0.2, -0.15) is 0 Å². The van der Waals surface area contributed by atoms with Crippen LogP contribution in [0.1, 0.15) is 52.7 Å². The molecule has 2 N–H and O–H groups in total. The normalized spacial score (nSPS) is 11.9. The molecular formula is C32H34BrClN2. The highest BCUT2D eigenvalue weighted by atomic mass is 79.9. The van der Waals surface area contributed by atoms with Crippen molar-refractivity contribution >= 4 is 50.3 Å². The van der Waals surface area contributed by atoms with Crippen molar-refractivity contribution in [1.82, 2.24) is 0 Å². The second-order valence-corrected chi connectivity index (χ2v) is 12.5. The van der Waals surface area contributed by atoms with Crippen LogP contribution in [0.25, 0.3) is 11.1 Å². The van der Waals surface area contributed by atoms with Gasteiger partial charge in [0.15, 0.2) is 0 Å². The van der Waals surface area contributed by atoms with E-state index in [9.17, 15) is 0 Å². The topological polar surface area (TPSA) is 24.1 Å². The summed E-state index contributed by atoms with van der Waals surface area (Å²) in [5, 5.41) is 7.86. The summed E-state index contributed by atoms with van der Waals surface area (Å²) in [5.74, 6) is 0. The van der Waals surface area contributed by atoms with Crippen LogP contribution < -0.4 is 10.6 Å². The van der Waals surface area contributed by atoms with Gasteiger partial charge in [0, 0.05) is 22.0 Å². The van der Waals surface area contributed by atoms with E-state index in [1.165, 1.54) is 11.1 Å². The van der Waals surface area contributed by atoms with Crippen molar-refractivity contribution in [3.63, 3.8) is 0 Å². The summed E-state index contributed by atoms with van der Waals surface area (Å²) in [6.07, 6.45) is 0. The van der Waals surface area contributed by atoms with Gasteiger partial charge in [0.05, 0.1) is 15.8 Å². The van der Waals surface area contributed by atoms with Crippen molar-refractivity contribution in [3.05, 3.63) is 106 Å². The zero-order valence-electron chi connectivity index (χ0n) is 21.8. The van der Waals surface area contributed by atoms with E-state index in [-0.39, 0.29) is 10.8 Å². The molecule has 0 saturated heterocycles. The first-order chi connectivity index (χ1) is 16.9. The molecule has 0 unspecified atom stereocenters. The van der Waals surface area contributed by atoms with Gasteiger partial charge in [0.2, 0.25) is 0 Å². The maximum absolute atomic E-state index is 6.60. The average Bonchev–Trinajstić information content (AvgIpc) is 2.82. The summed E-state index contributed by atoms with van der Waals surface area (Å²) >= 11 is 10.4. The van der Waals surface area contributed by atoms with Crippen LogP contribution in [0, 0.1) is 0 Å². The van der Waals surface area contributed by atoms with Gasteiger partial charge < -0.3 is 10.6 Å². The van der Waals surface area contributed by atoms with Crippen LogP contribution in [0.15, 0.2) is 89.4 Å². The summed E-state index contributed by atoms with van der Waals surface area (Å²) in [6.45, 7) is 13.4. The average molecular weight is 562 g/mol. The maximum Gasteiger partial charge on any atom is 0.0646 e. The Morgan fingerprint density at radius 2 is 1.17 bits per heavy atom. The molecule has 0 amide bonds. The molecule has 0 atom stereocenters. The van der Waals surface area contributed by atoms with Crippen LogP contribution in [0.5, 0.6) is 0 Å². The number of anilines is 4. The van der Waals surface area contributed by atoms with E-state index in [1.807, 2.05) is 18.2 Å². The van der Waals surface area contributed by atoms with Crippen LogP contribution in [-0.2, 0) is 10.8 Å². The fourth-order valence-corrected chi connectivity index (χ4v) is 4.75. The Kier molecular flexibility index (Phi) is 7.54. The van der Waals surface area contributed by atoms with Crippen LogP contribution >= 0.6 is 27.5 Å². The van der Waals surface area contributed by atoms with Crippen molar-refractivity contribution in [2.75, 3.05) is 10.6 Å². The predicted molar refractivity (Wildman–Crippen MR) is 161 cm³/mol. The van der Waals surface area contributed by atoms with E-state index in [0.29, 0.717) is 5.02 Å². The Morgan fingerprint density at radius 1 is 0.611 bits per heavy atom. The van der Waals surface area contributed by atoms with Gasteiger partial charge in [-0.15, -0.1) is 0 Å². The molecule has 2 nitrogen and oxygen atoms in total. The molecule has 4 aromatic rings. The molecule has 0 bridgehead atoms. The zero-order chi connectivity index (χ0) is 26.1. The molecule has 36 heavy (non-hydrogen) atoms. The molecule has 0 fully saturated rings. The first-order valence-corrected chi connectivity index (χ1v) is 13.4. The van der Waals surface area contributed by atoms with Gasteiger partial charge in [-0.25, -0.2) is 0 Å². The highest BCUT2D eigenvalue weighted by Gasteiger charge is 2.18. The van der Waals surface area contributed by atoms with Crippen molar-refractivity contribution in [3.8, 4) is 11.1 Å². The zero-order valence-corrected chi connectivity index (χ0v) is 24.2. The lowest BCUT2D eigenvalue weighted by Gasteiger charge is -2.23. The first kappa shape index (κ1) is 26.3. The molecule has 0 aliphatic rings. The lowest BCUT2D eigenvalue weighted by Crippen LogP contribution is -2.11. The van der Waals surface area contributed by atoms with Gasteiger partial charge in [-0.05, 0) is 73.8 Å². The Bertz CT molecular complexity index is 1350. The fourth-order valence-electron chi connectivity index (χ4n) is 4.11. The predicted octanol–water partition coefficient (Wildman–Crippen LogP) is 10.9. The van der Waals surface area contributed by atoms with Gasteiger partial charge in [-0.1, -0.05) is 108 Å². The largest absolute Gasteiger partial charge is 0.354 e. The molecule has 0 radical (unpaired) electrons. The van der Waals surface area contributed by atoms with Crippen LogP contribution in [-0.4, -0.2) is 0 Å². The summed E-state index contributed by atoms with van der Waals surface area (Å²) in [5.41, 5.74) is 8.87. The van der Waals surface area contributed by atoms with E-state index >= 15 is 0 Å².